The molecule has 2 heteroatoms. The molecule has 0 amide bonds. The summed E-state index contributed by atoms with van der Waals surface area (Å²) in [6, 6.07) is 15.7. The van der Waals surface area contributed by atoms with Gasteiger partial charge in [0.1, 0.15) is 0 Å². The highest BCUT2D eigenvalue weighted by atomic mass is 16.3. The molecule has 0 spiro atoms. The van der Waals surface area contributed by atoms with Crippen molar-refractivity contribution in [1.29, 1.82) is 0 Å². The highest BCUT2D eigenvalue weighted by Gasteiger charge is 2.00. The van der Waals surface area contributed by atoms with E-state index < -0.39 is 12.2 Å². The highest BCUT2D eigenvalue weighted by molar-refractivity contribution is 5.69. The average Bonchev–Trinajstić information content (AvgIpc) is 2.46. The fraction of sp³-hybridized carbons (Fsp3) is 0.222. The summed E-state index contributed by atoms with van der Waals surface area (Å²) in [4.78, 5) is 0. The minimum Gasteiger partial charge on any atom is -0.389 e. The molecule has 0 bridgehead atoms. The van der Waals surface area contributed by atoms with Crippen molar-refractivity contribution in [2.24, 2.45) is 0 Å². The highest BCUT2D eigenvalue weighted by Crippen LogP contribution is 2.16. The van der Waals surface area contributed by atoms with Crippen molar-refractivity contribution in [3.8, 4) is 0 Å². The van der Waals surface area contributed by atoms with Crippen LogP contribution in [0.3, 0.4) is 0 Å². The summed E-state index contributed by atoms with van der Waals surface area (Å²) in [5.41, 5.74) is 4.02. The first kappa shape index (κ1) is 14.5. The standard InChI is InChI=1S/C18H20O2/c1-13(19)17-9-5-15(6-10-17)3-4-16-7-11-18(12-8-16)14(2)20/h3-14,19-20H,1-2H3/b4-3+. The lowest BCUT2D eigenvalue weighted by molar-refractivity contribution is 0.199. The molecule has 0 saturated carbocycles. The van der Waals surface area contributed by atoms with Crippen LogP contribution in [0.15, 0.2) is 48.5 Å². The van der Waals surface area contributed by atoms with Gasteiger partial charge < -0.3 is 10.2 Å². The molecule has 0 heterocycles. The third-order valence-corrected chi connectivity index (χ3v) is 3.31. The number of rotatable bonds is 4. The Bertz CT molecular complexity index is 510. The topological polar surface area (TPSA) is 40.5 Å². The molecular weight excluding hydrogens is 248 g/mol. The van der Waals surface area contributed by atoms with E-state index >= 15 is 0 Å². The van der Waals surface area contributed by atoms with Gasteiger partial charge in [-0.2, -0.15) is 0 Å². The van der Waals surface area contributed by atoms with Crippen LogP contribution >= 0.6 is 0 Å². The molecule has 0 radical (unpaired) electrons. The van der Waals surface area contributed by atoms with Crippen LogP contribution in [0, 0.1) is 0 Å². The van der Waals surface area contributed by atoms with Crippen LogP contribution in [-0.4, -0.2) is 10.2 Å². The van der Waals surface area contributed by atoms with Crippen molar-refractivity contribution in [3.63, 3.8) is 0 Å². The molecule has 2 rings (SSSR count). The molecule has 2 unspecified atom stereocenters. The summed E-state index contributed by atoms with van der Waals surface area (Å²) >= 11 is 0. The van der Waals surface area contributed by atoms with E-state index in [1.807, 2.05) is 60.7 Å². The van der Waals surface area contributed by atoms with Gasteiger partial charge in [-0.15, -0.1) is 0 Å². The normalized spacial score (nSPS) is 14.4. The maximum absolute atomic E-state index is 9.45. The third kappa shape index (κ3) is 3.80. The van der Waals surface area contributed by atoms with Crippen molar-refractivity contribution in [2.75, 3.05) is 0 Å². The number of aliphatic hydroxyl groups excluding tert-OH is 2. The second-order valence-electron chi connectivity index (χ2n) is 5.02. The van der Waals surface area contributed by atoms with Gasteiger partial charge in [-0.05, 0) is 36.1 Å². The summed E-state index contributed by atoms with van der Waals surface area (Å²) in [6.45, 7) is 3.52. The minimum absolute atomic E-state index is 0.430. The molecular formula is C18H20O2. The van der Waals surface area contributed by atoms with Crippen molar-refractivity contribution in [1.82, 2.24) is 0 Å². The van der Waals surface area contributed by atoms with Gasteiger partial charge >= 0.3 is 0 Å². The molecule has 20 heavy (non-hydrogen) atoms. The van der Waals surface area contributed by atoms with Crippen LogP contribution in [0.25, 0.3) is 12.2 Å². The van der Waals surface area contributed by atoms with E-state index in [-0.39, 0.29) is 0 Å². The predicted octanol–water partition coefficient (Wildman–Crippen LogP) is 3.96. The maximum Gasteiger partial charge on any atom is 0.0761 e. The zero-order valence-corrected chi connectivity index (χ0v) is 11.8. The molecule has 0 aromatic heterocycles. The van der Waals surface area contributed by atoms with Gasteiger partial charge in [-0.3, -0.25) is 0 Å². The first-order valence-corrected chi connectivity index (χ1v) is 6.80. The fourth-order valence-electron chi connectivity index (χ4n) is 1.96. The number of hydrogen-bond donors (Lipinski definition) is 2. The van der Waals surface area contributed by atoms with Gasteiger partial charge in [0, 0.05) is 0 Å². The van der Waals surface area contributed by atoms with E-state index in [1.165, 1.54) is 0 Å². The largest absolute Gasteiger partial charge is 0.389 e. The Hall–Kier alpha value is -1.90. The Balaban J connectivity index is 2.08. The van der Waals surface area contributed by atoms with Crippen LogP contribution in [0.5, 0.6) is 0 Å². The lowest BCUT2D eigenvalue weighted by Gasteiger charge is -2.05. The molecule has 0 aliphatic rings. The molecule has 2 aromatic carbocycles. The molecule has 0 aliphatic heterocycles. The van der Waals surface area contributed by atoms with E-state index in [0.717, 1.165) is 22.3 Å². The first-order valence-electron chi connectivity index (χ1n) is 6.80. The van der Waals surface area contributed by atoms with Crippen LogP contribution in [-0.2, 0) is 0 Å². The third-order valence-electron chi connectivity index (χ3n) is 3.31. The minimum atomic E-state index is -0.430. The second kappa shape index (κ2) is 6.51. The van der Waals surface area contributed by atoms with Gasteiger partial charge in [-0.25, -0.2) is 0 Å². The molecule has 104 valence electrons. The van der Waals surface area contributed by atoms with E-state index in [9.17, 15) is 10.2 Å². The van der Waals surface area contributed by atoms with E-state index in [0.29, 0.717) is 0 Å². The van der Waals surface area contributed by atoms with Crippen LogP contribution in [0.1, 0.15) is 48.3 Å². The quantitative estimate of drug-likeness (QED) is 0.824. The Labute approximate surface area is 120 Å². The van der Waals surface area contributed by atoms with Crippen molar-refractivity contribution in [3.05, 3.63) is 70.8 Å². The zero-order chi connectivity index (χ0) is 14.5. The van der Waals surface area contributed by atoms with Gasteiger partial charge in [0.2, 0.25) is 0 Å². The summed E-state index contributed by atoms with van der Waals surface area (Å²) < 4.78 is 0. The van der Waals surface area contributed by atoms with Crippen LogP contribution < -0.4 is 0 Å². The summed E-state index contributed by atoms with van der Waals surface area (Å²) in [6.07, 6.45) is 3.20. The van der Waals surface area contributed by atoms with Gasteiger partial charge in [0.05, 0.1) is 12.2 Å². The van der Waals surface area contributed by atoms with Crippen molar-refractivity contribution >= 4 is 12.2 Å². The van der Waals surface area contributed by atoms with E-state index in [4.69, 9.17) is 0 Å². The smallest absolute Gasteiger partial charge is 0.0761 e. The number of hydrogen-bond acceptors (Lipinski definition) is 2. The van der Waals surface area contributed by atoms with E-state index in [1.54, 1.807) is 13.8 Å². The van der Waals surface area contributed by atoms with Crippen LogP contribution in [0.2, 0.25) is 0 Å². The zero-order valence-electron chi connectivity index (χ0n) is 11.8. The Kier molecular flexibility index (Phi) is 4.72. The maximum atomic E-state index is 9.45. The molecule has 0 aliphatic carbocycles. The van der Waals surface area contributed by atoms with Crippen LogP contribution in [0.4, 0.5) is 0 Å². The molecule has 0 fully saturated rings. The lowest BCUT2D eigenvalue weighted by Crippen LogP contribution is -1.90. The molecule has 2 atom stereocenters. The van der Waals surface area contributed by atoms with Crippen molar-refractivity contribution in [2.45, 2.75) is 26.1 Å². The Morgan fingerprint density at radius 1 is 0.650 bits per heavy atom. The first-order chi connectivity index (χ1) is 9.56. The van der Waals surface area contributed by atoms with Gasteiger partial charge in [-0.1, -0.05) is 60.7 Å². The SMILES string of the molecule is CC(O)c1ccc(/C=C/c2ccc(C(C)O)cc2)cc1. The lowest BCUT2D eigenvalue weighted by atomic mass is 10.1. The number of benzene rings is 2. The summed E-state index contributed by atoms with van der Waals surface area (Å²) in [5.74, 6) is 0. The van der Waals surface area contributed by atoms with E-state index in [2.05, 4.69) is 0 Å². The van der Waals surface area contributed by atoms with Gasteiger partial charge in [0.25, 0.3) is 0 Å². The average molecular weight is 268 g/mol. The fourth-order valence-corrected chi connectivity index (χ4v) is 1.96. The van der Waals surface area contributed by atoms with Gasteiger partial charge in [0.15, 0.2) is 0 Å². The summed E-state index contributed by atoms with van der Waals surface area (Å²) in [7, 11) is 0. The molecule has 2 aromatic rings. The summed E-state index contributed by atoms with van der Waals surface area (Å²) in [5, 5.41) is 18.9. The molecule has 0 saturated heterocycles. The molecule has 2 N–H and O–H groups in total. The monoisotopic (exact) mass is 268 g/mol. The second-order valence-corrected chi connectivity index (χ2v) is 5.02. The Morgan fingerprint density at radius 2 is 0.950 bits per heavy atom. The predicted molar refractivity (Wildman–Crippen MR) is 83.1 cm³/mol. The molecule has 2 nitrogen and oxygen atoms in total. The Morgan fingerprint density at radius 3 is 1.20 bits per heavy atom. The number of aliphatic hydroxyl groups is 2. The van der Waals surface area contributed by atoms with Crippen molar-refractivity contribution < 1.29 is 10.2 Å².